The number of nitrogens with zero attached hydrogens (tertiary/aromatic N) is 2. The van der Waals surface area contributed by atoms with E-state index in [4.69, 9.17) is 9.47 Å². The molecule has 40 heavy (non-hydrogen) atoms. The molecule has 8 heteroatoms. The minimum absolute atomic E-state index is 0.0734. The molecule has 8 nitrogen and oxygen atoms in total. The minimum Gasteiger partial charge on any atom is -0.481 e. The van der Waals surface area contributed by atoms with Crippen LogP contribution in [0.15, 0.2) is 48.5 Å². The smallest absolute Gasteiger partial charge is 0.410 e. The van der Waals surface area contributed by atoms with Crippen molar-refractivity contribution in [3.63, 3.8) is 0 Å². The van der Waals surface area contributed by atoms with Crippen LogP contribution in [0.3, 0.4) is 0 Å². The maximum atomic E-state index is 13.8. The normalized spacial score (nSPS) is 22.3. The van der Waals surface area contributed by atoms with Crippen LogP contribution >= 0.6 is 0 Å². The van der Waals surface area contributed by atoms with E-state index >= 15 is 0 Å². The second-order valence-corrected chi connectivity index (χ2v) is 12.3. The molecule has 4 atom stereocenters. The Morgan fingerprint density at radius 2 is 1.68 bits per heavy atom. The van der Waals surface area contributed by atoms with Gasteiger partial charge in [-0.3, -0.25) is 4.79 Å². The van der Waals surface area contributed by atoms with Gasteiger partial charge < -0.3 is 24.4 Å². The van der Waals surface area contributed by atoms with Crippen LogP contribution in [0.1, 0.15) is 70.4 Å². The number of benzene rings is 2. The lowest BCUT2D eigenvalue weighted by atomic mass is 9.98. The summed E-state index contributed by atoms with van der Waals surface area (Å²) < 4.78 is 11.7. The molecule has 1 N–H and O–H groups in total. The molecule has 0 spiro atoms. The van der Waals surface area contributed by atoms with Crippen LogP contribution in [0.5, 0.6) is 0 Å². The van der Waals surface area contributed by atoms with E-state index in [1.807, 2.05) is 52.0 Å². The Labute approximate surface area is 236 Å². The molecule has 1 heterocycles. The van der Waals surface area contributed by atoms with Crippen LogP contribution < -0.4 is 0 Å². The first-order valence-corrected chi connectivity index (χ1v) is 14.4. The lowest BCUT2D eigenvalue weighted by molar-refractivity contribution is -0.138. The third-order valence-electron chi connectivity index (χ3n) is 8.43. The molecule has 1 saturated heterocycles. The number of rotatable bonds is 8. The van der Waals surface area contributed by atoms with Gasteiger partial charge in [0.15, 0.2) is 0 Å². The van der Waals surface area contributed by atoms with Crippen LogP contribution in [0.2, 0.25) is 0 Å². The van der Waals surface area contributed by atoms with Gasteiger partial charge in [-0.05, 0) is 74.6 Å². The average molecular weight is 549 g/mol. The summed E-state index contributed by atoms with van der Waals surface area (Å²) in [6.07, 6.45) is 1.88. The molecule has 2 fully saturated rings. The maximum absolute atomic E-state index is 13.8. The van der Waals surface area contributed by atoms with Crippen molar-refractivity contribution in [3.05, 3.63) is 59.7 Å². The van der Waals surface area contributed by atoms with Crippen molar-refractivity contribution in [1.29, 1.82) is 0 Å². The van der Waals surface area contributed by atoms with Crippen molar-refractivity contribution < 1.29 is 29.0 Å². The van der Waals surface area contributed by atoms with Crippen LogP contribution in [0.4, 0.5) is 9.59 Å². The molecule has 3 aliphatic rings. The molecular weight excluding hydrogens is 508 g/mol. The fourth-order valence-electron chi connectivity index (χ4n) is 6.47. The Morgan fingerprint density at radius 3 is 2.23 bits per heavy atom. The Hall–Kier alpha value is -3.55. The van der Waals surface area contributed by atoms with Gasteiger partial charge in [-0.15, -0.1) is 0 Å². The fraction of sp³-hybridized carbons (Fsp3) is 0.531. The summed E-state index contributed by atoms with van der Waals surface area (Å²) >= 11 is 0. The molecule has 1 saturated carbocycles. The quantitative estimate of drug-likeness (QED) is 0.426. The van der Waals surface area contributed by atoms with Crippen molar-refractivity contribution in [2.75, 3.05) is 19.7 Å². The summed E-state index contributed by atoms with van der Waals surface area (Å²) in [5.74, 6) is -1.48. The number of aliphatic carboxylic acids is 1. The predicted octanol–water partition coefficient (Wildman–Crippen LogP) is 6.14. The number of carbonyl (C=O) groups excluding carboxylic acids is 2. The van der Waals surface area contributed by atoms with E-state index in [2.05, 4.69) is 24.3 Å². The Morgan fingerprint density at radius 1 is 1.05 bits per heavy atom. The molecule has 1 aliphatic heterocycles. The zero-order valence-electron chi connectivity index (χ0n) is 23.8. The summed E-state index contributed by atoms with van der Waals surface area (Å²) in [5.41, 5.74) is 3.96. The van der Waals surface area contributed by atoms with Crippen molar-refractivity contribution >= 4 is 18.2 Å². The molecule has 2 aromatic rings. The SMILES string of the molecule is CCC([C@@H]1CCCN1C(=O)OC(C)(C)C)N(C[C@@H]1C[C@H]1C(=O)O)C(=O)OCC1c2ccccc2-c2ccccc21. The lowest BCUT2D eigenvalue weighted by Crippen LogP contribution is -2.54. The number of likely N-dealkylation sites (tertiary alicyclic amines) is 1. The average Bonchev–Trinajstić information content (AvgIpc) is 3.39. The van der Waals surface area contributed by atoms with Crippen LogP contribution in [0, 0.1) is 11.8 Å². The number of amides is 2. The van der Waals surface area contributed by atoms with Gasteiger partial charge in [-0.1, -0.05) is 55.5 Å². The van der Waals surface area contributed by atoms with Crippen LogP contribution in [-0.4, -0.2) is 70.4 Å². The second-order valence-electron chi connectivity index (χ2n) is 12.3. The number of carboxylic acid groups (broad SMARTS) is 1. The first-order chi connectivity index (χ1) is 19.1. The number of hydrogen-bond donors (Lipinski definition) is 1. The Balaban J connectivity index is 1.36. The standard InChI is InChI=1S/C32H40N2O6/c1-5-27(28-15-10-16-33(28)31(38)40-32(2,3)4)34(18-20-17-25(20)29(35)36)30(37)39-19-26-23-13-8-6-11-21(23)22-12-7-9-14-24(22)26/h6-9,11-14,20,25-28H,5,10,15-19H2,1-4H3,(H,35,36)/t20-,25+,27?,28-/m0/s1. The van der Waals surface area contributed by atoms with Gasteiger partial charge in [0.2, 0.25) is 0 Å². The highest BCUT2D eigenvalue weighted by molar-refractivity contribution is 5.79. The van der Waals surface area contributed by atoms with Crippen molar-refractivity contribution in [1.82, 2.24) is 9.80 Å². The largest absolute Gasteiger partial charge is 0.481 e. The number of fused-ring (bicyclic) bond motifs is 3. The van der Waals surface area contributed by atoms with Crippen LogP contribution in [-0.2, 0) is 14.3 Å². The third kappa shape index (κ3) is 5.67. The van der Waals surface area contributed by atoms with E-state index in [0.29, 0.717) is 25.9 Å². The molecule has 214 valence electrons. The topological polar surface area (TPSA) is 96.4 Å². The lowest BCUT2D eigenvalue weighted by Gasteiger charge is -2.39. The minimum atomic E-state index is -0.832. The first-order valence-electron chi connectivity index (χ1n) is 14.4. The highest BCUT2D eigenvalue weighted by Gasteiger charge is 2.48. The predicted molar refractivity (Wildman–Crippen MR) is 151 cm³/mol. The number of carbonyl (C=O) groups is 3. The molecule has 2 aromatic carbocycles. The Bertz CT molecular complexity index is 1220. The Kier molecular flexibility index (Phi) is 7.80. The summed E-state index contributed by atoms with van der Waals surface area (Å²) in [7, 11) is 0. The highest BCUT2D eigenvalue weighted by Crippen LogP contribution is 2.45. The molecule has 5 rings (SSSR count). The van der Waals surface area contributed by atoms with E-state index in [0.717, 1.165) is 35.1 Å². The zero-order chi connectivity index (χ0) is 28.6. The first kappa shape index (κ1) is 28.0. The van der Waals surface area contributed by atoms with Gasteiger partial charge in [0.05, 0.1) is 18.0 Å². The van der Waals surface area contributed by atoms with Gasteiger partial charge in [0.25, 0.3) is 0 Å². The van der Waals surface area contributed by atoms with Gasteiger partial charge >= 0.3 is 18.2 Å². The van der Waals surface area contributed by atoms with E-state index in [1.54, 1.807) is 9.80 Å². The zero-order valence-corrected chi connectivity index (χ0v) is 23.8. The van der Waals surface area contributed by atoms with E-state index in [-0.39, 0.29) is 36.6 Å². The molecular formula is C32H40N2O6. The molecule has 2 amide bonds. The van der Waals surface area contributed by atoms with Crippen molar-refractivity contribution in [2.24, 2.45) is 11.8 Å². The van der Waals surface area contributed by atoms with E-state index < -0.39 is 23.6 Å². The summed E-state index contributed by atoms with van der Waals surface area (Å²) in [6.45, 7) is 8.58. The molecule has 2 aliphatic carbocycles. The van der Waals surface area contributed by atoms with E-state index in [1.165, 1.54) is 0 Å². The van der Waals surface area contributed by atoms with Crippen molar-refractivity contribution in [3.8, 4) is 11.1 Å². The molecule has 0 aromatic heterocycles. The van der Waals surface area contributed by atoms with Gasteiger partial charge in [-0.25, -0.2) is 9.59 Å². The second kappa shape index (κ2) is 11.1. The fourth-order valence-corrected chi connectivity index (χ4v) is 6.47. The monoisotopic (exact) mass is 548 g/mol. The number of hydrogen-bond acceptors (Lipinski definition) is 5. The summed E-state index contributed by atoms with van der Waals surface area (Å²) in [4.78, 5) is 42.0. The highest BCUT2D eigenvalue weighted by atomic mass is 16.6. The molecule has 1 unspecified atom stereocenters. The van der Waals surface area contributed by atoms with Gasteiger partial charge in [0, 0.05) is 19.0 Å². The van der Waals surface area contributed by atoms with E-state index in [9.17, 15) is 19.5 Å². The third-order valence-corrected chi connectivity index (χ3v) is 8.43. The van der Waals surface area contributed by atoms with Crippen LogP contribution in [0.25, 0.3) is 11.1 Å². The summed E-state index contributed by atoms with van der Waals surface area (Å²) in [6, 6.07) is 15.9. The number of ether oxygens (including phenoxy) is 2. The summed E-state index contributed by atoms with van der Waals surface area (Å²) in [5, 5.41) is 9.53. The molecule has 0 radical (unpaired) electrons. The van der Waals surface area contributed by atoms with Gasteiger partial charge in [0.1, 0.15) is 12.2 Å². The maximum Gasteiger partial charge on any atom is 0.410 e. The van der Waals surface area contributed by atoms with Gasteiger partial charge in [-0.2, -0.15) is 0 Å². The number of carboxylic acids is 1. The van der Waals surface area contributed by atoms with Crippen molar-refractivity contribution in [2.45, 2.75) is 77.0 Å². The molecule has 0 bridgehead atoms.